The van der Waals surface area contributed by atoms with Gasteiger partial charge in [-0.2, -0.15) is 0 Å². The van der Waals surface area contributed by atoms with Crippen LogP contribution in [0, 0.1) is 12.7 Å². The highest BCUT2D eigenvalue weighted by molar-refractivity contribution is 5.59. The number of imidazole rings is 1. The Morgan fingerprint density at radius 1 is 1.03 bits per heavy atom. The van der Waals surface area contributed by atoms with Gasteiger partial charge in [-0.15, -0.1) is 13.2 Å². The van der Waals surface area contributed by atoms with E-state index >= 15 is 0 Å². The van der Waals surface area contributed by atoms with Crippen LogP contribution in [0.3, 0.4) is 0 Å². The first-order valence-electron chi connectivity index (χ1n) is 9.70. The van der Waals surface area contributed by atoms with Gasteiger partial charge < -0.3 is 9.84 Å². The van der Waals surface area contributed by atoms with Crippen molar-refractivity contribution in [1.29, 1.82) is 0 Å². The van der Waals surface area contributed by atoms with Crippen LogP contribution in [0.5, 0.6) is 11.6 Å². The highest BCUT2D eigenvalue weighted by Gasteiger charge is 2.31. The van der Waals surface area contributed by atoms with E-state index in [1.165, 1.54) is 28.8 Å². The van der Waals surface area contributed by atoms with Crippen LogP contribution in [0.1, 0.15) is 11.3 Å². The van der Waals surface area contributed by atoms with E-state index in [0.29, 0.717) is 16.8 Å². The summed E-state index contributed by atoms with van der Waals surface area (Å²) in [5.74, 6) is -1.15. The van der Waals surface area contributed by atoms with Crippen LogP contribution >= 0.6 is 0 Å². The van der Waals surface area contributed by atoms with E-state index < -0.39 is 17.8 Å². The minimum absolute atomic E-state index is 0.108. The average Bonchev–Trinajstić information content (AvgIpc) is 2.97. The normalized spacial score (nSPS) is 11.5. The van der Waals surface area contributed by atoms with Crippen molar-refractivity contribution < 1.29 is 27.4 Å². The molecule has 6 nitrogen and oxygen atoms in total. The molecule has 10 heteroatoms. The maximum absolute atomic E-state index is 13.2. The Morgan fingerprint density at radius 3 is 2.33 bits per heavy atom. The van der Waals surface area contributed by atoms with Gasteiger partial charge in [0.2, 0.25) is 5.88 Å². The summed E-state index contributed by atoms with van der Waals surface area (Å²) in [5, 5.41) is 10.5. The van der Waals surface area contributed by atoms with Gasteiger partial charge in [-0.25, -0.2) is 13.8 Å². The zero-order valence-corrected chi connectivity index (χ0v) is 17.2. The molecule has 2 aromatic heterocycles. The molecule has 0 amide bonds. The first-order chi connectivity index (χ1) is 15.6. The lowest BCUT2D eigenvalue weighted by atomic mass is 10.1. The number of benzene rings is 2. The van der Waals surface area contributed by atoms with Crippen molar-refractivity contribution in [2.75, 3.05) is 0 Å². The Bertz CT molecular complexity index is 1340. The molecule has 0 aliphatic carbocycles. The highest BCUT2D eigenvalue weighted by Crippen LogP contribution is 2.26. The van der Waals surface area contributed by atoms with Crippen molar-refractivity contribution in [3.05, 3.63) is 94.4 Å². The van der Waals surface area contributed by atoms with Crippen LogP contribution in [0.2, 0.25) is 0 Å². The molecule has 33 heavy (non-hydrogen) atoms. The molecule has 2 aromatic carbocycles. The van der Waals surface area contributed by atoms with E-state index in [9.17, 15) is 27.5 Å². The van der Waals surface area contributed by atoms with Crippen molar-refractivity contribution in [1.82, 2.24) is 14.1 Å². The van der Waals surface area contributed by atoms with Crippen molar-refractivity contribution in [3.8, 4) is 28.6 Å². The molecule has 4 aromatic rings. The first kappa shape index (κ1) is 22.1. The lowest BCUT2D eigenvalue weighted by Crippen LogP contribution is -2.24. The summed E-state index contributed by atoms with van der Waals surface area (Å²) in [5.41, 5.74) is 1.87. The number of aromatic nitrogens is 3. The number of rotatable bonds is 5. The fourth-order valence-corrected chi connectivity index (χ4v) is 3.39. The number of ether oxygens (including phenoxy) is 1. The predicted molar refractivity (Wildman–Crippen MR) is 112 cm³/mol. The summed E-state index contributed by atoms with van der Waals surface area (Å²) >= 11 is 0. The fourth-order valence-electron chi connectivity index (χ4n) is 3.39. The summed E-state index contributed by atoms with van der Waals surface area (Å²) in [4.78, 5) is 17.3. The lowest BCUT2D eigenvalue weighted by Gasteiger charge is -2.09. The maximum atomic E-state index is 13.2. The molecule has 170 valence electrons. The van der Waals surface area contributed by atoms with Crippen molar-refractivity contribution >= 4 is 0 Å². The van der Waals surface area contributed by atoms with Crippen LogP contribution in [-0.2, 0) is 6.54 Å². The summed E-state index contributed by atoms with van der Waals surface area (Å²) in [6, 6.07) is 13.9. The summed E-state index contributed by atoms with van der Waals surface area (Å²) in [6.45, 7) is 1.66. The SMILES string of the molecule is Cc1c(O)n(-c2ccc(OC(F)(F)F)cc2)c(=O)n1Cc1ccnc(-c2ccc(F)cc2)c1. The van der Waals surface area contributed by atoms with Gasteiger partial charge in [0.25, 0.3) is 0 Å². The minimum Gasteiger partial charge on any atom is -0.493 e. The number of alkyl halides is 3. The third-order valence-corrected chi connectivity index (χ3v) is 5.00. The molecule has 0 bridgehead atoms. The number of nitrogens with zero attached hydrogens (tertiary/aromatic N) is 3. The quantitative estimate of drug-likeness (QED) is 0.436. The summed E-state index contributed by atoms with van der Waals surface area (Å²) in [7, 11) is 0. The van der Waals surface area contributed by atoms with E-state index in [1.54, 1.807) is 37.4 Å². The molecule has 0 unspecified atom stereocenters. The van der Waals surface area contributed by atoms with E-state index in [0.717, 1.165) is 16.7 Å². The molecule has 0 aliphatic rings. The third-order valence-electron chi connectivity index (χ3n) is 5.00. The molecule has 1 N–H and O–H groups in total. The second kappa shape index (κ2) is 8.45. The molecular formula is C23H17F4N3O3. The van der Waals surface area contributed by atoms with E-state index in [-0.39, 0.29) is 29.6 Å². The Kier molecular flexibility index (Phi) is 5.67. The van der Waals surface area contributed by atoms with Gasteiger partial charge in [0.05, 0.1) is 23.6 Å². The predicted octanol–water partition coefficient (Wildman–Crippen LogP) is 4.80. The molecule has 0 atom stereocenters. The number of aromatic hydroxyl groups is 1. The molecule has 4 rings (SSSR count). The van der Waals surface area contributed by atoms with Crippen LogP contribution in [0.25, 0.3) is 16.9 Å². The van der Waals surface area contributed by atoms with Crippen molar-refractivity contribution in [2.24, 2.45) is 0 Å². The van der Waals surface area contributed by atoms with Gasteiger partial charge in [0.15, 0.2) is 0 Å². The van der Waals surface area contributed by atoms with Crippen molar-refractivity contribution in [3.63, 3.8) is 0 Å². The first-order valence-corrected chi connectivity index (χ1v) is 9.70. The monoisotopic (exact) mass is 459 g/mol. The molecule has 0 spiro atoms. The zero-order valence-electron chi connectivity index (χ0n) is 17.2. The molecule has 0 aliphatic heterocycles. The van der Waals surface area contributed by atoms with Gasteiger partial charge in [-0.3, -0.25) is 9.55 Å². The molecule has 2 heterocycles. The van der Waals surface area contributed by atoms with E-state index in [1.807, 2.05) is 0 Å². The van der Waals surface area contributed by atoms with E-state index in [4.69, 9.17) is 0 Å². The molecule has 0 fully saturated rings. The van der Waals surface area contributed by atoms with Crippen LogP contribution in [0.4, 0.5) is 17.6 Å². The third kappa shape index (κ3) is 4.74. The zero-order chi connectivity index (χ0) is 23.8. The average molecular weight is 459 g/mol. The molecule has 0 saturated carbocycles. The summed E-state index contributed by atoms with van der Waals surface area (Å²) in [6.07, 6.45) is -3.28. The fraction of sp³-hybridized carbons (Fsp3) is 0.130. The Hall–Kier alpha value is -4.08. The number of pyridine rings is 1. The van der Waals surface area contributed by atoms with Gasteiger partial charge in [-0.1, -0.05) is 0 Å². The second-order valence-corrected chi connectivity index (χ2v) is 7.21. The van der Waals surface area contributed by atoms with Gasteiger partial charge >= 0.3 is 12.1 Å². The van der Waals surface area contributed by atoms with E-state index in [2.05, 4.69) is 9.72 Å². The standard InChI is InChI=1S/C23H17F4N3O3/c1-14-21(31)30(18-6-8-19(9-7-18)33-23(25,26)27)22(32)29(14)13-15-10-11-28-20(12-15)16-2-4-17(24)5-3-16/h2-12,31H,13H2,1H3. The number of halogens is 4. The Morgan fingerprint density at radius 2 is 1.70 bits per heavy atom. The Balaban J connectivity index is 1.65. The van der Waals surface area contributed by atoms with Gasteiger partial charge in [0.1, 0.15) is 11.6 Å². The largest absolute Gasteiger partial charge is 0.573 e. The molecular weight excluding hydrogens is 442 g/mol. The van der Waals surface area contributed by atoms with Crippen molar-refractivity contribution in [2.45, 2.75) is 19.8 Å². The van der Waals surface area contributed by atoms with Crippen LogP contribution in [0.15, 0.2) is 71.7 Å². The van der Waals surface area contributed by atoms with Crippen LogP contribution < -0.4 is 10.4 Å². The topological polar surface area (TPSA) is 69.3 Å². The molecule has 0 radical (unpaired) electrons. The maximum Gasteiger partial charge on any atom is 0.573 e. The second-order valence-electron chi connectivity index (χ2n) is 7.21. The van der Waals surface area contributed by atoms with Crippen LogP contribution in [-0.4, -0.2) is 25.6 Å². The smallest absolute Gasteiger partial charge is 0.493 e. The number of hydrogen-bond acceptors (Lipinski definition) is 4. The summed E-state index contributed by atoms with van der Waals surface area (Å²) < 4.78 is 56.5. The minimum atomic E-state index is -4.84. The number of hydrogen-bond donors (Lipinski definition) is 1. The lowest BCUT2D eigenvalue weighted by molar-refractivity contribution is -0.274. The van der Waals surface area contributed by atoms with Gasteiger partial charge in [-0.05, 0) is 73.2 Å². The van der Waals surface area contributed by atoms with Gasteiger partial charge in [0, 0.05) is 11.8 Å². The molecule has 0 saturated heterocycles. The Labute approximate surface area is 184 Å². The highest BCUT2D eigenvalue weighted by atomic mass is 19.4.